The molecule has 0 aromatic heterocycles. The highest BCUT2D eigenvalue weighted by molar-refractivity contribution is 4.41. The van der Waals surface area contributed by atoms with Gasteiger partial charge < -0.3 is 4.84 Å². The van der Waals surface area contributed by atoms with E-state index >= 15 is 0 Å². The average Bonchev–Trinajstić information content (AvgIpc) is 2.03. The summed E-state index contributed by atoms with van der Waals surface area (Å²) < 4.78 is 0. The summed E-state index contributed by atoms with van der Waals surface area (Å²) in [6.07, 6.45) is 1.37. The minimum atomic E-state index is 0.295. The molecule has 7 nitrogen and oxygen atoms in total. The number of unbranched alkanes of at least 4 members (excludes halogenated alkanes) is 1. The fourth-order valence-electron chi connectivity index (χ4n) is 0.428. The summed E-state index contributed by atoms with van der Waals surface area (Å²) in [5.74, 6) is 0. The molecular formula is C4H9N5O2. The third-order valence-corrected chi connectivity index (χ3v) is 0.874. The molecule has 0 fully saturated rings. The van der Waals surface area contributed by atoms with Crippen LogP contribution in [0.1, 0.15) is 12.8 Å². The van der Waals surface area contributed by atoms with Gasteiger partial charge >= 0.3 is 0 Å². The quantitative estimate of drug-likeness (QED) is 0.265. The van der Waals surface area contributed by atoms with Gasteiger partial charge in [0.25, 0.3) is 0 Å². The maximum atomic E-state index is 9.57. The van der Waals surface area contributed by atoms with Crippen molar-refractivity contribution in [1.82, 2.24) is 0 Å². The maximum Gasteiger partial charge on any atom is 0.119 e. The molecular weight excluding hydrogens is 150 g/mol. The fraction of sp³-hybridized carbons (Fsp3) is 1.00. The zero-order valence-corrected chi connectivity index (χ0v) is 5.93. The van der Waals surface area contributed by atoms with Crippen molar-refractivity contribution in [1.29, 1.82) is 5.53 Å². The van der Waals surface area contributed by atoms with Crippen molar-refractivity contribution in [2.45, 2.75) is 12.8 Å². The highest BCUT2D eigenvalue weighted by atomic mass is 16.6. The van der Waals surface area contributed by atoms with Crippen LogP contribution < -0.4 is 0 Å². The van der Waals surface area contributed by atoms with Crippen LogP contribution in [-0.2, 0) is 4.84 Å². The minimum Gasteiger partial charge on any atom is -0.378 e. The second kappa shape index (κ2) is 8.60. The lowest BCUT2D eigenvalue weighted by molar-refractivity contribution is 0.118. The molecule has 0 saturated heterocycles. The van der Waals surface area contributed by atoms with Gasteiger partial charge in [0, 0.05) is 10.5 Å². The first-order chi connectivity index (χ1) is 5.41. The Balaban J connectivity index is 2.95. The molecule has 0 atom stereocenters. The monoisotopic (exact) mass is 159 g/mol. The van der Waals surface area contributed by atoms with Crippen LogP contribution in [0.25, 0.3) is 0 Å². The summed E-state index contributed by atoms with van der Waals surface area (Å²) in [6.45, 7) is 0.665. The standard InChI is InChI=1S/C4H9N5O2/c5-7-8-9-11-4-2-1-3-6-10/h5H,1-4H2. The number of nitrogens with one attached hydrogen (secondary N) is 1. The Hall–Kier alpha value is -1.40. The molecule has 0 radical (unpaired) electrons. The molecule has 0 unspecified atom stereocenters. The molecule has 0 aliphatic heterocycles. The van der Waals surface area contributed by atoms with Crippen molar-refractivity contribution >= 4 is 0 Å². The van der Waals surface area contributed by atoms with Crippen LogP contribution in [0, 0.1) is 10.4 Å². The highest BCUT2D eigenvalue weighted by Crippen LogP contribution is 1.91. The van der Waals surface area contributed by atoms with E-state index < -0.39 is 0 Å². The zero-order valence-electron chi connectivity index (χ0n) is 5.93. The van der Waals surface area contributed by atoms with Crippen molar-refractivity contribution in [2.75, 3.05) is 13.2 Å². The first-order valence-corrected chi connectivity index (χ1v) is 3.09. The maximum absolute atomic E-state index is 9.57. The van der Waals surface area contributed by atoms with E-state index in [4.69, 9.17) is 5.53 Å². The van der Waals surface area contributed by atoms with E-state index in [-0.39, 0.29) is 0 Å². The van der Waals surface area contributed by atoms with E-state index in [0.29, 0.717) is 26.0 Å². The van der Waals surface area contributed by atoms with Crippen LogP contribution in [0.2, 0.25) is 0 Å². The Labute approximate surface area is 63.3 Å². The van der Waals surface area contributed by atoms with Crippen LogP contribution in [0.3, 0.4) is 0 Å². The molecule has 11 heavy (non-hydrogen) atoms. The number of rotatable bonds is 7. The van der Waals surface area contributed by atoms with Crippen LogP contribution in [0.4, 0.5) is 0 Å². The smallest absolute Gasteiger partial charge is 0.119 e. The van der Waals surface area contributed by atoms with E-state index in [2.05, 4.69) is 25.7 Å². The van der Waals surface area contributed by atoms with Gasteiger partial charge in [0.05, 0.1) is 6.54 Å². The average molecular weight is 159 g/mol. The predicted molar refractivity (Wildman–Crippen MR) is 35.9 cm³/mol. The third kappa shape index (κ3) is 8.60. The number of nitroso groups, excluding NO2 is 1. The molecule has 0 aromatic rings. The fourth-order valence-corrected chi connectivity index (χ4v) is 0.428. The third-order valence-electron chi connectivity index (χ3n) is 0.874. The van der Waals surface area contributed by atoms with Gasteiger partial charge in [-0.15, -0.1) is 0 Å². The van der Waals surface area contributed by atoms with Crippen LogP contribution in [-0.4, -0.2) is 13.2 Å². The van der Waals surface area contributed by atoms with E-state index in [1.807, 2.05) is 0 Å². The molecule has 0 aliphatic carbocycles. The molecule has 0 heterocycles. The Bertz CT molecular complexity index is 136. The lowest BCUT2D eigenvalue weighted by Crippen LogP contribution is -1.88. The van der Waals surface area contributed by atoms with Gasteiger partial charge in [0.1, 0.15) is 6.61 Å². The van der Waals surface area contributed by atoms with Crippen LogP contribution in [0.5, 0.6) is 0 Å². The molecule has 7 heteroatoms. The Morgan fingerprint density at radius 3 is 2.82 bits per heavy atom. The van der Waals surface area contributed by atoms with Crippen LogP contribution >= 0.6 is 0 Å². The van der Waals surface area contributed by atoms with Crippen LogP contribution in [0.15, 0.2) is 20.9 Å². The van der Waals surface area contributed by atoms with E-state index in [1.165, 1.54) is 0 Å². The molecule has 0 bridgehead atoms. The number of hydrogen-bond acceptors (Lipinski definition) is 5. The molecule has 62 valence electrons. The second-order valence-corrected chi connectivity index (χ2v) is 1.66. The second-order valence-electron chi connectivity index (χ2n) is 1.66. The molecule has 0 rings (SSSR count). The molecule has 1 N–H and O–H groups in total. The van der Waals surface area contributed by atoms with E-state index in [9.17, 15) is 4.91 Å². The summed E-state index contributed by atoms with van der Waals surface area (Å²) in [5, 5.41) is 11.2. The summed E-state index contributed by atoms with van der Waals surface area (Å²) in [7, 11) is 0. The van der Waals surface area contributed by atoms with Gasteiger partial charge in [-0.25, -0.2) is 0 Å². The Kier molecular flexibility index (Phi) is 7.51. The lowest BCUT2D eigenvalue weighted by atomic mass is 10.3. The Morgan fingerprint density at radius 1 is 1.36 bits per heavy atom. The first-order valence-electron chi connectivity index (χ1n) is 3.09. The van der Waals surface area contributed by atoms with Crippen molar-refractivity contribution in [2.24, 2.45) is 20.9 Å². The van der Waals surface area contributed by atoms with E-state index in [0.717, 1.165) is 0 Å². The van der Waals surface area contributed by atoms with Gasteiger partial charge in [-0.3, -0.25) is 0 Å². The molecule has 0 saturated carbocycles. The Morgan fingerprint density at radius 2 is 2.18 bits per heavy atom. The van der Waals surface area contributed by atoms with E-state index in [1.54, 1.807) is 0 Å². The van der Waals surface area contributed by atoms with Gasteiger partial charge in [0.2, 0.25) is 0 Å². The SMILES string of the molecule is N=NN=NOCCCCN=O. The molecule has 0 amide bonds. The number of nitrogens with zero attached hydrogens (tertiary/aromatic N) is 4. The van der Waals surface area contributed by atoms with Gasteiger partial charge in [-0.2, -0.15) is 10.4 Å². The minimum absolute atomic E-state index is 0.295. The van der Waals surface area contributed by atoms with Gasteiger partial charge in [-0.1, -0.05) is 5.18 Å². The lowest BCUT2D eigenvalue weighted by Gasteiger charge is -1.92. The number of hydrogen-bond donors (Lipinski definition) is 1. The molecule has 0 aromatic carbocycles. The van der Waals surface area contributed by atoms with Crippen molar-refractivity contribution in [3.05, 3.63) is 4.91 Å². The molecule has 0 aliphatic rings. The summed E-state index contributed by atoms with van der Waals surface area (Å²) >= 11 is 0. The largest absolute Gasteiger partial charge is 0.378 e. The highest BCUT2D eigenvalue weighted by Gasteiger charge is 1.87. The molecule has 0 spiro atoms. The van der Waals surface area contributed by atoms with Crippen molar-refractivity contribution < 1.29 is 4.84 Å². The first kappa shape index (κ1) is 9.60. The summed E-state index contributed by atoms with van der Waals surface area (Å²) in [4.78, 5) is 14.1. The normalized spacial score (nSPS) is 9.82. The predicted octanol–water partition coefficient (Wildman–Crippen LogP) is 1.86. The van der Waals surface area contributed by atoms with Gasteiger partial charge in [-0.05, 0) is 18.1 Å². The summed E-state index contributed by atoms with van der Waals surface area (Å²) in [6, 6.07) is 0. The topological polar surface area (TPSA) is 99.6 Å². The van der Waals surface area contributed by atoms with Crippen molar-refractivity contribution in [3.63, 3.8) is 0 Å². The zero-order chi connectivity index (χ0) is 8.36. The van der Waals surface area contributed by atoms with Crippen molar-refractivity contribution in [3.8, 4) is 0 Å². The van der Waals surface area contributed by atoms with Gasteiger partial charge in [0.15, 0.2) is 0 Å². The summed E-state index contributed by atoms with van der Waals surface area (Å²) in [5.41, 5.74) is 6.18.